The Morgan fingerprint density at radius 3 is 2.44 bits per heavy atom. The molecule has 5 rings (SSSR count). The molecule has 1 saturated heterocycles. The number of hydrogen-bond acceptors (Lipinski definition) is 10. The molecule has 0 bridgehead atoms. The third kappa shape index (κ3) is 8.73. The van der Waals surface area contributed by atoms with Gasteiger partial charge >= 0.3 is 19.2 Å². The van der Waals surface area contributed by atoms with E-state index in [4.69, 9.17) is 19.3 Å². The van der Waals surface area contributed by atoms with E-state index >= 15 is 0 Å². The lowest BCUT2D eigenvalue weighted by Crippen LogP contribution is -2.57. The van der Waals surface area contributed by atoms with Gasteiger partial charge in [0.05, 0.1) is 22.5 Å². The number of hydrogen-bond donors (Lipinski definition) is 4. The number of thiophene rings is 1. The molecule has 3 amide bonds. The van der Waals surface area contributed by atoms with Gasteiger partial charge in [0.1, 0.15) is 18.7 Å². The summed E-state index contributed by atoms with van der Waals surface area (Å²) < 4.78 is 51.3. The van der Waals surface area contributed by atoms with E-state index in [1.54, 1.807) is 33.9 Å². The summed E-state index contributed by atoms with van der Waals surface area (Å²) in [6.07, 6.45) is 0.942. The molecular formula is C34H37F2N4O9PS2. The molecule has 0 spiro atoms. The van der Waals surface area contributed by atoms with Crippen LogP contribution in [-0.2, 0) is 34.1 Å². The van der Waals surface area contributed by atoms with E-state index in [0.29, 0.717) is 9.83 Å². The lowest BCUT2D eigenvalue weighted by Gasteiger charge is -2.35. The van der Waals surface area contributed by atoms with Crippen LogP contribution in [0, 0.1) is 5.41 Å². The minimum absolute atomic E-state index is 0.0383. The molecule has 0 aliphatic carbocycles. The average molecular weight is 779 g/mol. The number of halogens is 2. The average Bonchev–Trinajstić information content (AvgIpc) is 3.84. The summed E-state index contributed by atoms with van der Waals surface area (Å²) >= 11 is 2.19. The number of aromatic nitrogens is 1. The van der Waals surface area contributed by atoms with Gasteiger partial charge in [-0.3, -0.25) is 18.9 Å². The van der Waals surface area contributed by atoms with Crippen LogP contribution in [0.1, 0.15) is 49.4 Å². The molecule has 18 heteroatoms. The van der Waals surface area contributed by atoms with Crippen molar-refractivity contribution in [3.63, 3.8) is 0 Å². The largest absolute Gasteiger partial charge is 0.464 e. The molecule has 0 unspecified atom stereocenters. The van der Waals surface area contributed by atoms with E-state index < -0.39 is 72.7 Å². The first kappa shape index (κ1) is 39.1. The van der Waals surface area contributed by atoms with Crippen LogP contribution >= 0.6 is 30.3 Å². The summed E-state index contributed by atoms with van der Waals surface area (Å²) in [7, 11) is -5.82. The van der Waals surface area contributed by atoms with Crippen molar-refractivity contribution in [2.45, 2.75) is 58.0 Å². The highest BCUT2D eigenvalue weighted by molar-refractivity contribution is 7.52. The van der Waals surface area contributed by atoms with Crippen molar-refractivity contribution in [1.29, 1.82) is 0 Å². The van der Waals surface area contributed by atoms with Gasteiger partial charge in [-0.1, -0.05) is 68.5 Å². The predicted molar refractivity (Wildman–Crippen MR) is 191 cm³/mol. The van der Waals surface area contributed by atoms with E-state index in [9.17, 15) is 32.5 Å². The van der Waals surface area contributed by atoms with Crippen LogP contribution in [0.25, 0.3) is 20.5 Å². The summed E-state index contributed by atoms with van der Waals surface area (Å²) in [5, 5.41) is 5.98. The second kappa shape index (κ2) is 15.5. The zero-order valence-electron chi connectivity index (χ0n) is 28.5. The number of benzene rings is 2. The first-order valence-corrected chi connectivity index (χ1v) is 19.3. The van der Waals surface area contributed by atoms with Gasteiger partial charge in [0.25, 0.3) is 5.91 Å². The van der Waals surface area contributed by atoms with E-state index in [-0.39, 0.29) is 29.8 Å². The number of rotatable bonds is 12. The van der Waals surface area contributed by atoms with Crippen molar-refractivity contribution < 1.29 is 51.8 Å². The molecule has 4 aromatic rings. The lowest BCUT2D eigenvalue weighted by atomic mass is 9.85. The monoisotopic (exact) mass is 778 g/mol. The Balaban J connectivity index is 1.38. The molecular weight excluding hydrogens is 741 g/mol. The summed E-state index contributed by atoms with van der Waals surface area (Å²) in [5.74, 6) is -2.46. The van der Waals surface area contributed by atoms with Crippen molar-refractivity contribution in [1.82, 2.24) is 15.2 Å². The van der Waals surface area contributed by atoms with Crippen molar-refractivity contribution in [2.75, 3.05) is 25.1 Å². The topological polar surface area (TPSA) is 184 Å². The van der Waals surface area contributed by atoms with Gasteiger partial charge in [-0.2, -0.15) is 8.78 Å². The first-order valence-electron chi connectivity index (χ1n) is 16.1. The van der Waals surface area contributed by atoms with Crippen LogP contribution in [0.5, 0.6) is 0 Å². The fourth-order valence-electron chi connectivity index (χ4n) is 5.58. The number of anilines is 1. The molecule has 1 aliphatic heterocycles. The third-order valence-electron chi connectivity index (χ3n) is 8.23. The molecule has 13 nitrogen and oxygen atoms in total. The van der Waals surface area contributed by atoms with Crippen molar-refractivity contribution >= 4 is 69.2 Å². The van der Waals surface area contributed by atoms with E-state index in [0.717, 1.165) is 33.9 Å². The van der Waals surface area contributed by atoms with Crippen LogP contribution in [0.15, 0.2) is 60.8 Å². The van der Waals surface area contributed by atoms with Crippen LogP contribution in [0.2, 0.25) is 0 Å². The zero-order chi connectivity index (χ0) is 38.0. The Hall–Kier alpha value is -4.12. The fraction of sp³-hybridized carbons (Fsp3) is 0.382. The minimum atomic E-state index is -5.82. The number of nitrogens with zero attached hydrogens (tertiary/aromatic N) is 2. The maximum absolute atomic E-state index is 14.4. The standard InChI is InChI=1S/C34H37F2N4O9PS2/c1-5-48-27(41)18-49-22-15-23(29(42)39-32-37-16-26(52-32)19-9-7-6-8-10-19)40(17-22)31(44)28(33(2,3)4)38-30(43)25-14-20-13-21(11-12-24(20)51-25)34(35,36)50(45,46)47/h6-14,16,22-23,28H,5,15,17-18H2,1-4H3,(H,38,43)(H,37,39,42)(H2,45,46,47)/t22-,23+,28-/m1/s1. The maximum atomic E-state index is 14.4. The maximum Gasteiger partial charge on any atom is 0.399 e. The molecule has 4 N–H and O–H groups in total. The zero-order valence-corrected chi connectivity index (χ0v) is 31.0. The fourth-order valence-corrected chi connectivity index (χ4v) is 7.83. The summed E-state index contributed by atoms with van der Waals surface area (Å²) in [4.78, 5) is 78.5. The van der Waals surface area contributed by atoms with Gasteiger partial charge in [-0.15, -0.1) is 11.3 Å². The predicted octanol–water partition coefficient (Wildman–Crippen LogP) is 5.58. The number of nitrogens with one attached hydrogen (secondary N) is 2. The molecule has 2 aromatic carbocycles. The Bertz CT molecular complexity index is 2010. The number of ether oxygens (including phenoxy) is 2. The number of carbonyl (C=O) groups excluding carboxylic acids is 4. The van der Waals surface area contributed by atoms with Crippen molar-refractivity contribution in [3.8, 4) is 10.4 Å². The normalized spacial score (nSPS) is 17.2. The number of thiazole rings is 1. The molecule has 52 heavy (non-hydrogen) atoms. The van der Waals surface area contributed by atoms with E-state index in [1.807, 2.05) is 30.3 Å². The smallest absolute Gasteiger partial charge is 0.399 e. The Labute approximate surface area is 305 Å². The van der Waals surface area contributed by atoms with Crippen molar-refractivity contribution in [2.24, 2.45) is 5.41 Å². The molecule has 0 saturated carbocycles. The van der Waals surface area contributed by atoms with Gasteiger partial charge in [0.15, 0.2) is 5.13 Å². The number of fused-ring (bicyclic) bond motifs is 1. The Morgan fingerprint density at radius 1 is 1.08 bits per heavy atom. The van der Waals surface area contributed by atoms with Crippen LogP contribution in [0.3, 0.4) is 0 Å². The molecule has 3 heterocycles. The van der Waals surface area contributed by atoms with Gasteiger partial charge in [0.2, 0.25) is 11.8 Å². The van der Waals surface area contributed by atoms with Crippen LogP contribution in [-0.4, -0.2) is 81.3 Å². The summed E-state index contributed by atoms with van der Waals surface area (Å²) in [6, 6.07) is 11.5. The molecule has 3 atom stereocenters. The Kier molecular flexibility index (Phi) is 11.6. The quantitative estimate of drug-likeness (QED) is 0.105. The Morgan fingerprint density at radius 2 is 1.79 bits per heavy atom. The number of amides is 3. The highest BCUT2D eigenvalue weighted by atomic mass is 32.1. The van der Waals surface area contributed by atoms with Crippen LogP contribution < -0.4 is 10.6 Å². The SMILES string of the molecule is CCOC(=O)CO[C@@H]1C[C@@H](C(=O)Nc2ncc(-c3ccccc3)s2)N(C(=O)[C@@H](NC(=O)c2cc3cc(C(F)(F)P(=O)(O)O)ccc3s2)C(C)(C)C)C1. The van der Waals surface area contributed by atoms with E-state index in [2.05, 4.69) is 15.6 Å². The van der Waals surface area contributed by atoms with Crippen LogP contribution in [0.4, 0.5) is 13.9 Å². The highest BCUT2D eigenvalue weighted by Crippen LogP contribution is 2.59. The van der Waals surface area contributed by atoms with Gasteiger partial charge in [-0.25, -0.2) is 9.78 Å². The van der Waals surface area contributed by atoms with E-state index in [1.165, 1.54) is 28.4 Å². The molecule has 2 aromatic heterocycles. The lowest BCUT2D eigenvalue weighted by molar-refractivity contribution is -0.150. The highest BCUT2D eigenvalue weighted by Gasteiger charge is 2.50. The second-order valence-electron chi connectivity index (χ2n) is 13.1. The number of esters is 1. The van der Waals surface area contributed by atoms with Gasteiger partial charge in [-0.05, 0) is 41.5 Å². The summed E-state index contributed by atoms with van der Waals surface area (Å²) in [6.45, 7) is 6.49. The van der Waals surface area contributed by atoms with Crippen molar-refractivity contribution in [3.05, 3.63) is 71.2 Å². The number of likely N-dealkylation sites (tertiary alicyclic amines) is 1. The molecule has 1 fully saturated rings. The third-order valence-corrected chi connectivity index (χ3v) is 11.3. The number of alkyl halides is 2. The summed E-state index contributed by atoms with van der Waals surface area (Å²) in [5.41, 5.74) is -5.33. The second-order valence-corrected chi connectivity index (χ2v) is 16.9. The number of carbonyl (C=O) groups is 4. The molecule has 1 aliphatic rings. The molecule has 0 radical (unpaired) electrons. The van der Waals surface area contributed by atoms with Gasteiger partial charge in [0, 0.05) is 29.4 Å². The minimum Gasteiger partial charge on any atom is -0.464 e. The van der Waals surface area contributed by atoms with Gasteiger partial charge < -0.3 is 34.8 Å². The molecule has 278 valence electrons. The first-order chi connectivity index (χ1) is 24.4.